The topological polar surface area (TPSA) is 39.2 Å². The Labute approximate surface area is 86.1 Å². The summed E-state index contributed by atoms with van der Waals surface area (Å²) in [4.78, 5) is 15.2. The zero-order chi connectivity index (χ0) is 11.4. The molecule has 0 N–H and O–H groups in total. The molecule has 1 aromatic heterocycles. The number of nitrogens with zero attached hydrogens (tertiary/aromatic N) is 1. The molecule has 0 radical (unpaired) electrons. The van der Waals surface area contributed by atoms with Crippen LogP contribution in [0.4, 0.5) is 8.78 Å². The number of pyridine rings is 1. The summed E-state index contributed by atoms with van der Waals surface area (Å²) >= 11 is 0. The minimum Gasteiger partial charge on any atom is -0.462 e. The summed E-state index contributed by atoms with van der Waals surface area (Å²) in [6.45, 7) is 3.26. The van der Waals surface area contributed by atoms with Crippen LogP contribution in [0.3, 0.4) is 0 Å². The summed E-state index contributed by atoms with van der Waals surface area (Å²) in [5.41, 5.74) is -0.207. The number of hydrogen-bond donors (Lipinski definition) is 0. The second-order valence-electron chi connectivity index (χ2n) is 2.88. The van der Waals surface area contributed by atoms with Crippen LogP contribution in [0.25, 0.3) is 0 Å². The normalized spacial score (nSPS) is 10.5. The number of ether oxygens (including phenoxy) is 1. The predicted octanol–water partition coefficient (Wildman–Crippen LogP) is 2.50. The van der Waals surface area contributed by atoms with Gasteiger partial charge in [0, 0.05) is 11.8 Å². The largest absolute Gasteiger partial charge is 0.462 e. The van der Waals surface area contributed by atoms with Crippen molar-refractivity contribution in [3.63, 3.8) is 0 Å². The molecule has 15 heavy (non-hydrogen) atoms. The van der Waals surface area contributed by atoms with Gasteiger partial charge in [0.1, 0.15) is 0 Å². The lowest BCUT2D eigenvalue weighted by atomic mass is 10.1. The van der Waals surface area contributed by atoms with Gasteiger partial charge in [-0.15, -0.1) is 0 Å². The third kappa shape index (κ3) is 2.49. The molecule has 0 amide bonds. The zero-order valence-electron chi connectivity index (χ0n) is 8.46. The number of hydrogen-bond acceptors (Lipinski definition) is 3. The van der Waals surface area contributed by atoms with Gasteiger partial charge in [-0.25, -0.2) is 13.6 Å². The molecule has 1 heterocycles. The number of esters is 1. The van der Waals surface area contributed by atoms with Crippen molar-refractivity contribution in [2.45, 2.75) is 20.3 Å². The molecule has 1 aromatic rings. The number of rotatable bonds is 3. The second-order valence-corrected chi connectivity index (χ2v) is 2.88. The summed E-state index contributed by atoms with van der Waals surface area (Å²) < 4.78 is 29.8. The molecule has 0 atom stereocenters. The fraction of sp³-hybridized carbons (Fsp3) is 0.400. The van der Waals surface area contributed by atoms with Gasteiger partial charge >= 0.3 is 5.97 Å². The molecule has 0 saturated carbocycles. The highest BCUT2D eigenvalue weighted by atomic mass is 19.3. The number of halogens is 2. The number of alkyl halides is 2. The molecule has 0 saturated heterocycles. The van der Waals surface area contributed by atoms with E-state index in [1.807, 2.05) is 0 Å². The Morgan fingerprint density at radius 1 is 1.60 bits per heavy atom. The fourth-order valence-corrected chi connectivity index (χ4v) is 1.24. The molecule has 82 valence electrons. The lowest BCUT2D eigenvalue weighted by Gasteiger charge is -2.09. The monoisotopic (exact) mass is 215 g/mol. The van der Waals surface area contributed by atoms with E-state index in [-0.39, 0.29) is 23.4 Å². The Hall–Kier alpha value is -1.52. The van der Waals surface area contributed by atoms with Crippen LogP contribution in [-0.2, 0) is 4.74 Å². The standard InChI is InChI=1S/C10H11F2NO2/c1-3-15-10(14)8-6(2)13-5-4-7(8)9(11)12/h4-5,9H,3H2,1-2H3. The van der Waals surface area contributed by atoms with Crippen molar-refractivity contribution in [3.05, 3.63) is 29.1 Å². The van der Waals surface area contributed by atoms with E-state index >= 15 is 0 Å². The van der Waals surface area contributed by atoms with Gasteiger partial charge in [0.05, 0.1) is 17.9 Å². The second kappa shape index (κ2) is 4.82. The van der Waals surface area contributed by atoms with Crippen LogP contribution >= 0.6 is 0 Å². The predicted molar refractivity (Wildman–Crippen MR) is 49.9 cm³/mol. The van der Waals surface area contributed by atoms with Crippen molar-refractivity contribution < 1.29 is 18.3 Å². The molecule has 3 nitrogen and oxygen atoms in total. The number of carbonyl (C=O) groups is 1. The molecule has 0 aliphatic carbocycles. The summed E-state index contributed by atoms with van der Waals surface area (Å²) in [5.74, 6) is -0.751. The van der Waals surface area contributed by atoms with Gasteiger partial charge < -0.3 is 4.74 Å². The SMILES string of the molecule is CCOC(=O)c1c(C(F)F)ccnc1C. The molecule has 0 bridgehead atoms. The van der Waals surface area contributed by atoms with E-state index in [1.165, 1.54) is 13.1 Å². The average molecular weight is 215 g/mol. The molecule has 5 heteroatoms. The number of aromatic nitrogens is 1. The Morgan fingerprint density at radius 3 is 2.80 bits per heavy atom. The van der Waals surface area contributed by atoms with E-state index in [9.17, 15) is 13.6 Å². The Kier molecular flexibility index (Phi) is 3.71. The van der Waals surface area contributed by atoms with E-state index in [0.717, 1.165) is 6.07 Å². The summed E-state index contributed by atoms with van der Waals surface area (Å²) in [6, 6.07) is 1.13. The smallest absolute Gasteiger partial charge is 0.340 e. The van der Waals surface area contributed by atoms with Gasteiger partial charge in [-0.2, -0.15) is 0 Å². The number of aryl methyl sites for hydroxylation is 1. The van der Waals surface area contributed by atoms with Gasteiger partial charge in [-0.05, 0) is 19.9 Å². The summed E-state index contributed by atoms with van der Waals surface area (Å²) in [6.07, 6.45) is -1.45. The molecule has 0 fully saturated rings. The van der Waals surface area contributed by atoms with E-state index < -0.39 is 12.4 Å². The van der Waals surface area contributed by atoms with Gasteiger partial charge in [0.25, 0.3) is 6.43 Å². The maximum atomic E-state index is 12.6. The molecular weight excluding hydrogens is 204 g/mol. The molecule has 0 aliphatic rings. The average Bonchev–Trinajstić information content (AvgIpc) is 2.17. The molecule has 0 unspecified atom stereocenters. The van der Waals surface area contributed by atoms with Gasteiger partial charge in [0.15, 0.2) is 0 Å². The number of carbonyl (C=O) groups excluding carboxylic acids is 1. The summed E-state index contributed by atoms with van der Waals surface area (Å²) in [7, 11) is 0. The fourth-order valence-electron chi connectivity index (χ4n) is 1.24. The van der Waals surface area contributed by atoms with E-state index in [0.29, 0.717) is 0 Å². The third-order valence-corrected chi connectivity index (χ3v) is 1.89. The van der Waals surface area contributed by atoms with Crippen LogP contribution < -0.4 is 0 Å². The molecule has 0 spiro atoms. The highest BCUT2D eigenvalue weighted by Crippen LogP contribution is 2.24. The first-order valence-electron chi connectivity index (χ1n) is 4.48. The first-order valence-corrected chi connectivity index (χ1v) is 4.48. The van der Waals surface area contributed by atoms with E-state index in [1.54, 1.807) is 6.92 Å². The van der Waals surface area contributed by atoms with Crippen molar-refractivity contribution in [2.24, 2.45) is 0 Å². The first-order chi connectivity index (χ1) is 7.07. The van der Waals surface area contributed by atoms with Crippen LogP contribution in [0.15, 0.2) is 12.3 Å². The van der Waals surface area contributed by atoms with Gasteiger partial charge in [0.2, 0.25) is 0 Å². The van der Waals surface area contributed by atoms with Crippen LogP contribution in [0.1, 0.15) is 35.0 Å². The van der Waals surface area contributed by atoms with E-state index in [4.69, 9.17) is 0 Å². The van der Waals surface area contributed by atoms with E-state index in [2.05, 4.69) is 9.72 Å². The van der Waals surface area contributed by atoms with Crippen LogP contribution in [-0.4, -0.2) is 17.6 Å². The Bertz CT molecular complexity index is 366. The maximum absolute atomic E-state index is 12.6. The molecule has 1 rings (SSSR count). The zero-order valence-corrected chi connectivity index (χ0v) is 8.46. The van der Waals surface area contributed by atoms with Crippen LogP contribution in [0.5, 0.6) is 0 Å². The maximum Gasteiger partial charge on any atom is 0.340 e. The van der Waals surface area contributed by atoms with Crippen molar-refractivity contribution in [2.75, 3.05) is 6.61 Å². The van der Waals surface area contributed by atoms with Crippen molar-refractivity contribution in [3.8, 4) is 0 Å². The highest BCUT2D eigenvalue weighted by Gasteiger charge is 2.21. The molecular formula is C10H11F2NO2. The quantitative estimate of drug-likeness (QED) is 0.727. The Balaban J connectivity index is 3.18. The van der Waals surface area contributed by atoms with Crippen LogP contribution in [0.2, 0.25) is 0 Å². The van der Waals surface area contributed by atoms with Crippen molar-refractivity contribution in [1.82, 2.24) is 4.98 Å². The molecule has 0 aromatic carbocycles. The van der Waals surface area contributed by atoms with Crippen LogP contribution in [0, 0.1) is 6.92 Å². The lowest BCUT2D eigenvalue weighted by Crippen LogP contribution is -2.11. The molecule has 0 aliphatic heterocycles. The van der Waals surface area contributed by atoms with Gasteiger partial charge in [-0.1, -0.05) is 0 Å². The van der Waals surface area contributed by atoms with Crippen molar-refractivity contribution >= 4 is 5.97 Å². The highest BCUT2D eigenvalue weighted by molar-refractivity contribution is 5.92. The van der Waals surface area contributed by atoms with Gasteiger partial charge in [-0.3, -0.25) is 4.98 Å². The third-order valence-electron chi connectivity index (χ3n) is 1.89. The minimum atomic E-state index is -2.70. The summed E-state index contributed by atoms with van der Waals surface area (Å²) in [5, 5.41) is 0. The van der Waals surface area contributed by atoms with Crippen molar-refractivity contribution in [1.29, 1.82) is 0 Å². The Morgan fingerprint density at radius 2 is 2.27 bits per heavy atom. The minimum absolute atomic E-state index is 0.130. The lowest BCUT2D eigenvalue weighted by molar-refractivity contribution is 0.0514. The first kappa shape index (κ1) is 11.6.